The van der Waals surface area contributed by atoms with E-state index >= 15 is 0 Å². The van der Waals surface area contributed by atoms with Crippen molar-refractivity contribution in [1.82, 2.24) is 5.32 Å². The minimum absolute atomic E-state index is 0.303. The van der Waals surface area contributed by atoms with Gasteiger partial charge in [-0.3, -0.25) is 4.79 Å². The maximum absolute atomic E-state index is 10.6. The third-order valence-electron chi connectivity index (χ3n) is 1.73. The fourth-order valence-corrected chi connectivity index (χ4v) is 0.932. The molecular weight excluding hydrogens is 190 g/mol. The molecule has 0 rings (SSSR count). The summed E-state index contributed by atoms with van der Waals surface area (Å²) in [4.78, 5) is 21.0. The molecule has 1 amide bonds. The Hall–Kier alpha value is -0.980. The van der Waals surface area contributed by atoms with Crippen LogP contribution in [0.2, 0.25) is 0 Å². The monoisotopic (exact) mass is 205 g/mol. The van der Waals surface area contributed by atoms with Gasteiger partial charge in [-0.15, -0.1) is 0 Å². The van der Waals surface area contributed by atoms with E-state index in [-0.39, 0.29) is 0 Å². The first-order valence-electron chi connectivity index (χ1n) is 4.16. The van der Waals surface area contributed by atoms with E-state index in [1.165, 1.54) is 13.8 Å². The summed E-state index contributed by atoms with van der Waals surface area (Å²) in [6.45, 7) is 2.45. The van der Waals surface area contributed by atoms with Crippen LogP contribution < -0.4 is 5.32 Å². The molecule has 6 heteroatoms. The van der Waals surface area contributed by atoms with Gasteiger partial charge in [-0.2, -0.15) is 0 Å². The molecule has 0 fully saturated rings. The molecule has 14 heavy (non-hydrogen) atoms. The minimum Gasteiger partial charge on any atom is -0.391 e. The van der Waals surface area contributed by atoms with Crippen molar-refractivity contribution in [2.75, 3.05) is 0 Å². The summed E-state index contributed by atoms with van der Waals surface area (Å²) in [7, 11) is 0. The van der Waals surface area contributed by atoms with Gasteiger partial charge < -0.3 is 25.4 Å². The van der Waals surface area contributed by atoms with Gasteiger partial charge in [-0.05, 0) is 6.92 Å². The van der Waals surface area contributed by atoms with Crippen molar-refractivity contribution >= 4 is 12.2 Å². The third kappa shape index (κ3) is 3.82. The summed E-state index contributed by atoms with van der Waals surface area (Å²) in [5.41, 5.74) is 0. The van der Waals surface area contributed by atoms with Crippen molar-refractivity contribution in [3.63, 3.8) is 0 Å². The molecule has 0 aliphatic rings. The third-order valence-corrected chi connectivity index (χ3v) is 1.73. The number of amides is 1. The molecule has 0 radical (unpaired) electrons. The zero-order valence-corrected chi connectivity index (χ0v) is 8.04. The lowest BCUT2D eigenvalue weighted by molar-refractivity contribution is -0.128. The first kappa shape index (κ1) is 13.0. The molecule has 4 N–H and O–H groups in total. The summed E-state index contributed by atoms with van der Waals surface area (Å²) < 4.78 is 0. The Morgan fingerprint density at radius 3 is 2.07 bits per heavy atom. The lowest BCUT2D eigenvalue weighted by Crippen LogP contribution is -2.51. The molecule has 0 heterocycles. The van der Waals surface area contributed by atoms with Gasteiger partial charge in [0.05, 0.1) is 6.10 Å². The van der Waals surface area contributed by atoms with Gasteiger partial charge in [0.15, 0.2) is 0 Å². The normalized spacial score (nSPS) is 19.2. The number of aliphatic hydroxyl groups excluding tert-OH is 3. The summed E-state index contributed by atoms with van der Waals surface area (Å²) in [5, 5.41) is 29.6. The number of hydrogen-bond acceptors (Lipinski definition) is 5. The molecule has 0 bridgehead atoms. The van der Waals surface area contributed by atoms with Crippen LogP contribution in [0.3, 0.4) is 0 Å². The van der Waals surface area contributed by atoms with Gasteiger partial charge in [0.2, 0.25) is 5.91 Å². The second kappa shape index (κ2) is 5.69. The molecule has 0 aliphatic heterocycles. The Morgan fingerprint density at radius 2 is 1.79 bits per heavy atom. The second-order valence-electron chi connectivity index (χ2n) is 3.08. The lowest BCUT2D eigenvalue weighted by atomic mass is 10.0. The van der Waals surface area contributed by atoms with Crippen LogP contribution in [-0.4, -0.2) is 51.9 Å². The summed E-state index contributed by atoms with van der Waals surface area (Å²) in [6.07, 6.45) is -3.87. The van der Waals surface area contributed by atoms with Gasteiger partial charge in [0.25, 0.3) is 0 Å². The Bertz CT molecular complexity index is 206. The zero-order valence-electron chi connectivity index (χ0n) is 8.04. The van der Waals surface area contributed by atoms with Crippen LogP contribution >= 0.6 is 0 Å². The van der Waals surface area contributed by atoms with Gasteiger partial charge in [-0.25, -0.2) is 0 Å². The van der Waals surface area contributed by atoms with Crippen molar-refractivity contribution < 1.29 is 24.9 Å². The molecule has 0 aromatic rings. The summed E-state index contributed by atoms with van der Waals surface area (Å²) in [5.74, 6) is -0.501. The van der Waals surface area contributed by atoms with Crippen LogP contribution in [0.25, 0.3) is 0 Å². The number of hydrogen-bond donors (Lipinski definition) is 4. The van der Waals surface area contributed by atoms with E-state index in [1.807, 2.05) is 0 Å². The van der Waals surface area contributed by atoms with Gasteiger partial charge in [0, 0.05) is 6.92 Å². The zero-order chi connectivity index (χ0) is 11.3. The van der Waals surface area contributed by atoms with E-state index in [0.29, 0.717) is 6.29 Å². The Labute approximate surface area is 81.5 Å². The van der Waals surface area contributed by atoms with E-state index in [1.54, 1.807) is 0 Å². The van der Waals surface area contributed by atoms with Crippen LogP contribution in [0.5, 0.6) is 0 Å². The highest BCUT2D eigenvalue weighted by atomic mass is 16.4. The fraction of sp³-hybridized carbons (Fsp3) is 0.750. The maximum atomic E-state index is 10.6. The van der Waals surface area contributed by atoms with E-state index in [4.69, 9.17) is 5.11 Å². The Kier molecular flexibility index (Phi) is 5.29. The highest BCUT2D eigenvalue weighted by molar-refractivity contribution is 5.77. The predicted molar refractivity (Wildman–Crippen MR) is 47.4 cm³/mol. The van der Waals surface area contributed by atoms with E-state index < -0.39 is 30.3 Å². The first-order valence-corrected chi connectivity index (χ1v) is 4.16. The number of aldehydes is 1. The summed E-state index contributed by atoms with van der Waals surface area (Å²) in [6, 6.07) is -1.21. The van der Waals surface area contributed by atoms with E-state index in [0.717, 1.165) is 0 Å². The second-order valence-corrected chi connectivity index (χ2v) is 3.08. The molecule has 0 aliphatic carbocycles. The molecule has 0 aromatic heterocycles. The van der Waals surface area contributed by atoms with Gasteiger partial charge in [0.1, 0.15) is 24.5 Å². The first-order chi connectivity index (χ1) is 6.40. The van der Waals surface area contributed by atoms with E-state index in [2.05, 4.69) is 5.32 Å². The van der Waals surface area contributed by atoms with Crippen LogP contribution in [0.4, 0.5) is 0 Å². The Balaban J connectivity index is 4.36. The van der Waals surface area contributed by atoms with Crippen LogP contribution in [0.15, 0.2) is 0 Å². The molecule has 82 valence electrons. The van der Waals surface area contributed by atoms with Crippen molar-refractivity contribution in [3.05, 3.63) is 0 Å². The standard InChI is InChI=1S/C8H15NO5/c1-4(11)7(13)8(14)6(3-10)9-5(2)12/h3-4,6-8,11,13-14H,1-2H3,(H,9,12)/t4-,6+,7-,8+/m0/s1. The molecule has 6 nitrogen and oxygen atoms in total. The number of carbonyl (C=O) groups excluding carboxylic acids is 2. The molecule has 0 spiro atoms. The summed E-state index contributed by atoms with van der Waals surface area (Å²) >= 11 is 0. The largest absolute Gasteiger partial charge is 0.391 e. The van der Waals surface area contributed by atoms with Crippen molar-refractivity contribution in [3.8, 4) is 0 Å². The lowest BCUT2D eigenvalue weighted by Gasteiger charge is -2.24. The molecule has 0 saturated carbocycles. The molecule has 0 aromatic carbocycles. The average Bonchev–Trinajstić information content (AvgIpc) is 2.11. The molecule has 4 atom stereocenters. The van der Waals surface area contributed by atoms with Gasteiger partial charge in [-0.1, -0.05) is 0 Å². The number of aliphatic hydroxyl groups is 3. The Morgan fingerprint density at radius 1 is 1.29 bits per heavy atom. The molecular formula is C8H15NO5. The minimum atomic E-state index is -1.52. The SMILES string of the molecule is CC(=O)N[C@H](C=O)[C@@H](O)[C@@H](O)[C@H](C)O. The average molecular weight is 205 g/mol. The van der Waals surface area contributed by atoms with Crippen molar-refractivity contribution in [2.24, 2.45) is 0 Å². The van der Waals surface area contributed by atoms with Gasteiger partial charge >= 0.3 is 0 Å². The maximum Gasteiger partial charge on any atom is 0.217 e. The highest BCUT2D eigenvalue weighted by Gasteiger charge is 2.29. The smallest absolute Gasteiger partial charge is 0.217 e. The van der Waals surface area contributed by atoms with Crippen LogP contribution in [-0.2, 0) is 9.59 Å². The topological polar surface area (TPSA) is 107 Å². The molecule has 0 saturated heterocycles. The number of carbonyl (C=O) groups is 2. The highest BCUT2D eigenvalue weighted by Crippen LogP contribution is 2.03. The van der Waals surface area contributed by atoms with Crippen molar-refractivity contribution in [1.29, 1.82) is 0 Å². The quantitative estimate of drug-likeness (QED) is 0.381. The van der Waals surface area contributed by atoms with E-state index in [9.17, 15) is 19.8 Å². The fourth-order valence-electron chi connectivity index (χ4n) is 0.932. The molecule has 0 unspecified atom stereocenters. The van der Waals surface area contributed by atoms with Crippen molar-refractivity contribution in [2.45, 2.75) is 38.2 Å². The number of nitrogens with one attached hydrogen (secondary N) is 1. The van der Waals surface area contributed by atoms with Crippen LogP contribution in [0.1, 0.15) is 13.8 Å². The predicted octanol–water partition coefficient (Wildman–Crippen LogP) is -2.21. The van der Waals surface area contributed by atoms with Crippen LogP contribution in [0, 0.1) is 0 Å². The number of rotatable bonds is 5.